The number of carbonyl (C=O) groups excluding carboxylic acids is 1. The zero-order valence-electron chi connectivity index (χ0n) is 15.5. The number of aromatic nitrogens is 2. The average molecular weight is 406 g/mol. The number of nitrogens with one attached hydrogen (secondary N) is 1. The van der Waals surface area contributed by atoms with Crippen molar-refractivity contribution in [3.8, 4) is 0 Å². The Balaban J connectivity index is 0.00000261. The molecule has 0 saturated heterocycles. The van der Waals surface area contributed by atoms with Gasteiger partial charge in [-0.3, -0.25) is 0 Å². The molecular weight excluding hydrogens is 385 g/mol. The molecule has 7 heteroatoms. The molecule has 1 aromatic carbocycles. The van der Waals surface area contributed by atoms with E-state index in [9.17, 15) is 4.79 Å². The van der Waals surface area contributed by atoms with Crippen LogP contribution >= 0.6 is 24.0 Å². The number of hydrogen-bond acceptors (Lipinski definition) is 5. The Bertz CT molecular complexity index is 990. The molecule has 0 fully saturated rings. The quantitative estimate of drug-likeness (QED) is 0.569. The van der Waals surface area contributed by atoms with Crippen molar-refractivity contribution in [2.45, 2.75) is 33.8 Å². The first-order valence-electron chi connectivity index (χ1n) is 8.35. The van der Waals surface area contributed by atoms with Gasteiger partial charge in [-0.2, -0.15) is 0 Å². The monoisotopic (exact) mass is 405 g/mol. The summed E-state index contributed by atoms with van der Waals surface area (Å²) in [7, 11) is 0. The van der Waals surface area contributed by atoms with Gasteiger partial charge in [-0.1, -0.05) is 17.7 Å². The molecule has 0 radical (unpaired) electrons. The Morgan fingerprint density at radius 2 is 1.93 bits per heavy atom. The summed E-state index contributed by atoms with van der Waals surface area (Å²) >= 11 is 6.23. The van der Waals surface area contributed by atoms with E-state index in [0.717, 1.165) is 22.3 Å². The number of carbonyl (C=O) groups is 1. The van der Waals surface area contributed by atoms with Crippen molar-refractivity contribution in [3.05, 3.63) is 58.4 Å². The fourth-order valence-corrected chi connectivity index (χ4v) is 2.73. The molecular formula is C20H21Cl2N3O2. The van der Waals surface area contributed by atoms with Crippen molar-refractivity contribution >= 4 is 52.4 Å². The Morgan fingerprint density at radius 3 is 2.59 bits per heavy atom. The lowest BCUT2D eigenvalue weighted by molar-refractivity contribution is 0.0379. The van der Waals surface area contributed by atoms with Crippen molar-refractivity contribution in [1.29, 1.82) is 0 Å². The van der Waals surface area contributed by atoms with Gasteiger partial charge in [-0.25, -0.2) is 14.8 Å². The van der Waals surface area contributed by atoms with Gasteiger partial charge < -0.3 is 10.1 Å². The predicted molar refractivity (Wildman–Crippen MR) is 112 cm³/mol. The molecule has 2 aromatic heterocycles. The van der Waals surface area contributed by atoms with Gasteiger partial charge in [0.2, 0.25) is 0 Å². The maximum absolute atomic E-state index is 12.5. The third-order valence-electron chi connectivity index (χ3n) is 3.87. The lowest BCUT2D eigenvalue weighted by Crippen LogP contribution is -2.14. The molecule has 1 N–H and O–H groups in total. The number of nitrogens with zero attached hydrogens (tertiary/aromatic N) is 2. The van der Waals surface area contributed by atoms with Crippen molar-refractivity contribution in [2.24, 2.45) is 0 Å². The highest BCUT2D eigenvalue weighted by Crippen LogP contribution is 2.31. The zero-order chi connectivity index (χ0) is 18.8. The van der Waals surface area contributed by atoms with Gasteiger partial charge in [0.05, 0.1) is 11.8 Å². The van der Waals surface area contributed by atoms with E-state index >= 15 is 0 Å². The molecule has 5 nitrogen and oxygen atoms in total. The number of halogens is 2. The van der Waals surface area contributed by atoms with Gasteiger partial charge >= 0.3 is 5.97 Å². The highest BCUT2D eigenvalue weighted by Gasteiger charge is 2.19. The third kappa shape index (κ3) is 4.67. The molecule has 0 bridgehead atoms. The number of fused-ring (bicyclic) bond motifs is 1. The van der Waals surface area contributed by atoms with Crippen molar-refractivity contribution in [1.82, 2.24) is 9.97 Å². The van der Waals surface area contributed by atoms with E-state index in [-0.39, 0.29) is 18.5 Å². The fourth-order valence-electron chi connectivity index (χ4n) is 2.55. The van der Waals surface area contributed by atoms with Crippen molar-refractivity contribution in [2.75, 3.05) is 5.32 Å². The molecule has 27 heavy (non-hydrogen) atoms. The first-order chi connectivity index (χ1) is 12.3. The van der Waals surface area contributed by atoms with Crippen LogP contribution in [-0.4, -0.2) is 22.0 Å². The lowest BCUT2D eigenvalue weighted by Gasteiger charge is -2.16. The topological polar surface area (TPSA) is 64.1 Å². The summed E-state index contributed by atoms with van der Waals surface area (Å²) in [6.07, 6.45) is 1.27. The Labute approximate surface area is 169 Å². The second-order valence-corrected chi connectivity index (χ2v) is 6.82. The van der Waals surface area contributed by atoms with Crippen LogP contribution in [0.3, 0.4) is 0 Å². The molecule has 0 spiro atoms. The first-order valence-corrected chi connectivity index (χ1v) is 8.73. The molecule has 0 aliphatic heterocycles. The summed E-state index contributed by atoms with van der Waals surface area (Å²) in [4.78, 5) is 21.3. The number of benzene rings is 1. The number of rotatable bonds is 4. The molecule has 142 valence electrons. The second kappa shape index (κ2) is 8.55. The van der Waals surface area contributed by atoms with Crippen LogP contribution in [0.25, 0.3) is 11.0 Å². The zero-order valence-corrected chi connectivity index (χ0v) is 17.1. The molecule has 3 rings (SSSR count). The smallest absolute Gasteiger partial charge is 0.342 e. The summed E-state index contributed by atoms with van der Waals surface area (Å²) in [6.45, 7) is 7.45. The van der Waals surface area contributed by atoms with Crippen molar-refractivity contribution in [3.63, 3.8) is 0 Å². The minimum absolute atomic E-state index is 0. The predicted octanol–water partition coefficient (Wildman–Crippen LogP) is 5.63. The fraction of sp³-hybridized carbons (Fsp3) is 0.250. The number of pyridine rings is 2. The van der Waals surface area contributed by atoms with Gasteiger partial charge in [0.15, 0.2) is 5.65 Å². The van der Waals surface area contributed by atoms with Crippen LogP contribution in [0, 0.1) is 13.8 Å². The minimum atomic E-state index is -0.435. The maximum atomic E-state index is 12.5. The van der Waals surface area contributed by atoms with Crippen molar-refractivity contribution < 1.29 is 9.53 Å². The minimum Gasteiger partial charge on any atom is -0.459 e. The van der Waals surface area contributed by atoms with E-state index in [1.54, 1.807) is 0 Å². The van der Waals surface area contributed by atoms with E-state index in [2.05, 4.69) is 15.3 Å². The largest absolute Gasteiger partial charge is 0.459 e. The van der Waals surface area contributed by atoms with E-state index in [0.29, 0.717) is 21.9 Å². The normalized spacial score (nSPS) is 10.6. The summed E-state index contributed by atoms with van der Waals surface area (Å²) in [5.41, 5.74) is 4.13. The molecule has 2 heterocycles. The summed E-state index contributed by atoms with van der Waals surface area (Å²) in [5.74, 6) is -0.435. The third-order valence-corrected chi connectivity index (χ3v) is 4.28. The number of aryl methyl sites for hydroxylation is 2. The molecule has 0 amide bonds. The van der Waals surface area contributed by atoms with Crippen LogP contribution in [0.4, 0.5) is 11.4 Å². The number of esters is 1. The van der Waals surface area contributed by atoms with Crippen LogP contribution in [-0.2, 0) is 4.74 Å². The standard InChI is InChI=1S/C20H20ClN3O2.ClH/c1-11(2)26-20(25)16-10-22-19-15(8-6-13(4)23-19)18(16)24-14-7-5-12(3)17(21)9-14;/h5-11H,1-4H3,(H,22,23,24);1H. The highest BCUT2D eigenvalue weighted by atomic mass is 35.5. The van der Waals surface area contributed by atoms with E-state index in [1.165, 1.54) is 6.20 Å². The van der Waals surface area contributed by atoms with E-state index < -0.39 is 5.97 Å². The van der Waals surface area contributed by atoms with Gasteiger partial charge in [0, 0.05) is 28.0 Å². The molecule has 0 unspecified atom stereocenters. The molecule has 3 aromatic rings. The summed E-state index contributed by atoms with van der Waals surface area (Å²) in [6, 6.07) is 9.43. The highest BCUT2D eigenvalue weighted by molar-refractivity contribution is 6.31. The average Bonchev–Trinajstić information content (AvgIpc) is 2.57. The molecule has 0 atom stereocenters. The van der Waals surface area contributed by atoms with Crippen LogP contribution < -0.4 is 5.32 Å². The Morgan fingerprint density at radius 1 is 1.19 bits per heavy atom. The van der Waals surface area contributed by atoms with Gasteiger partial charge in [-0.15, -0.1) is 12.4 Å². The van der Waals surface area contributed by atoms with Crippen LogP contribution in [0.1, 0.15) is 35.5 Å². The maximum Gasteiger partial charge on any atom is 0.342 e. The summed E-state index contributed by atoms with van der Waals surface area (Å²) in [5, 5.41) is 4.68. The Kier molecular flexibility index (Phi) is 6.63. The van der Waals surface area contributed by atoms with Gasteiger partial charge in [0.25, 0.3) is 0 Å². The summed E-state index contributed by atoms with van der Waals surface area (Å²) < 4.78 is 5.36. The van der Waals surface area contributed by atoms with E-state index in [1.807, 2.05) is 58.0 Å². The van der Waals surface area contributed by atoms with Crippen LogP contribution in [0.2, 0.25) is 5.02 Å². The lowest BCUT2D eigenvalue weighted by atomic mass is 10.1. The first kappa shape index (κ1) is 20.9. The van der Waals surface area contributed by atoms with Crippen LogP contribution in [0.15, 0.2) is 36.5 Å². The molecule has 0 aliphatic rings. The second-order valence-electron chi connectivity index (χ2n) is 6.41. The molecule has 0 aliphatic carbocycles. The molecule has 0 saturated carbocycles. The number of hydrogen-bond donors (Lipinski definition) is 1. The number of ether oxygens (including phenoxy) is 1. The van der Waals surface area contributed by atoms with Gasteiger partial charge in [-0.05, 0) is 57.5 Å². The van der Waals surface area contributed by atoms with E-state index in [4.69, 9.17) is 16.3 Å². The Hall–Kier alpha value is -2.37. The van der Waals surface area contributed by atoms with Crippen LogP contribution in [0.5, 0.6) is 0 Å². The van der Waals surface area contributed by atoms with Gasteiger partial charge in [0.1, 0.15) is 5.56 Å². The SMILES string of the molecule is Cc1ccc2c(Nc3ccc(C)c(Cl)c3)c(C(=O)OC(C)C)cnc2n1.Cl. The number of anilines is 2.